The van der Waals surface area contributed by atoms with Gasteiger partial charge >= 0.3 is 0 Å². The molecule has 2 heterocycles. The van der Waals surface area contributed by atoms with Crippen molar-refractivity contribution in [3.05, 3.63) is 267 Å². The van der Waals surface area contributed by atoms with Crippen LogP contribution in [0.15, 0.2) is 233 Å². The highest BCUT2D eigenvalue weighted by Gasteiger charge is 2.40. The van der Waals surface area contributed by atoms with Crippen LogP contribution in [-0.4, -0.2) is 9.82 Å². The molecule has 0 saturated heterocycles. The van der Waals surface area contributed by atoms with E-state index in [4.69, 9.17) is 0 Å². The van der Waals surface area contributed by atoms with Gasteiger partial charge in [0.25, 0.3) is 0 Å². The molecule has 5 atom stereocenters. The SMILES string of the molecule is CC1=C2C(=C(C3=Cc4c(n(-c5ccccc5)c5ccc6c(c45)SC4C=CC=CC64)CC3)C3C=CC=CC13)C=CCC2C.Cc1ccc(-c2ccccc2)cc1.Cc1ccc2c(c1)C(C)(C)c1ccccc1-2. The van der Waals surface area contributed by atoms with E-state index in [9.17, 15) is 0 Å². The van der Waals surface area contributed by atoms with Crippen LogP contribution in [0.1, 0.15) is 85.5 Å². The molecule has 0 bridgehead atoms. The summed E-state index contributed by atoms with van der Waals surface area (Å²) in [5.74, 6) is 1.92. The number of nitrogens with zero attached hydrogens (tertiary/aromatic N) is 1. The Morgan fingerprint density at radius 2 is 1.25 bits per heavy atom. The fourth-order valence-corrected chi connectivity index (χ4v) is 14.4. The molecule has 1 aromatic heterocycles. The zero-order valence-corrected chi connectivity index (χ0v) is 42.8. The topological polar surface area (TPSA) is 4.93 Å². The molecule has 7 aromatic rings. The fourth-order valence-electron chi connectivity index (χ4n) is 12.9. The van der Waals surface area contributed by atoms with Gasteiger partial charge in [0, 0.05) is 55.6 Å². The first-order valence-electron chi connectivity index (χ1n) is 25.9. The standard InChI is InChI=1S/C40H35NS.C16H16.C13H12/c1-24-11-10-17-32-37(24)25(2)28-14-6-7-16-30(28)38(32)26-19-21-34-33(23-26)39-35(41(34)27-12-4-3-5-13-27)22-20-31-29-15-8-9-18-36(29)42-40(31)39;1-11-8-9-13-12-6-4-5-7-14(12)16(2,3)15(13)10-11;1-11-7-9-13(10-8-11)12-5-3-2-4-6-12/h3-10,12-18,20,22-24,28-30,36H,11,19,21H2,1-2H3;4-10H,1-3H3;2-10H,1H3. The van der Waals surface area contributed by atoms with Crippen molar-refractivity contribution in [3.8, 4) is 27.9 Å². The summed E-state index contributed by atoms with van der Waals surface area (Å²) < 4.78 is 2.56. The number of thioether (sulfide) groups is 1. The Balaban J connectivity index is 0.000000145. The molecule has 0 N–H and O–H groups in total. The molecule has 0 fully saturated rings. The number of hydrogen-bond donors (Lipinski definition) is 0. The molecule has 7 aliphatic rings. The third-order valence-electron chi connectivity index (χ3n) is 16.4. The zero-order valence-electron chi connectivity index (χ0n) is 42.0. The summed E-state index contributed by atoms with van der Waals surface area (Å²) in [7, 11) is 0. The van der Waals surface area contributed by atoms with Crippen LogP contribution in [0.4, 0.5) is 0 Å². The van der Waals surface area contributed by atoms with Crippen LogP contribution in [0.25, 0.3) is 44.9 Å². The highest BCUT2D eigenvalue weighted by molar-refractivity contribution is 8.00. The van der Waals surface area contributed by atoms with E-state index >= 15 is 0 Å². The van der Waals surface area contributed by atoms with Crippen molar-refractivity contribution in [1.82, 2.24) is 4.57 Å². The molecule has 2 heteroatoms. The first-order valence-corrected chi connectivity index (χ1v) is 26.8. The summed E-state index contributed by atoms with van der Waals surface area (Å²) in [5.41, 5.74) is 25.9. The predicted molar refractivity (Wildman–Crippen MR) is 304 cm³/mol. The van der Waals surface area contributed by atoms with Gasteiger partial charge in [0.05, 0.1) is 5.52 Å². The third-order valence-corrected chi connectivity index (χ3v) is 17.8. The van der Waals surface area contributed by atoms with Crippen molar-refractivity contribution in [2.24, 2.45) is 17.8 Å². The van der Waals surface area contributed by atoms with Crippen LogP contribution in [-0.2, 0) is 11.8 Å². The van der Waals surface area contributed by atoms with Crippen molar-refractivity contribution >= 4 is 28.7 Å². The molecule has 5 unspecified atom stereocenters. The molecule has 0 radical (unpaired) electrons. The molecular formula is C69H63NS. The first-order chi connectivity index (χ1) is 34.7. The maximum absolute atomic E-state index is 2.62. The lowest BCUT2D eigenvalue weighted by molar-refractivity contribution is 0.549. The highest BCUT2D eigenvalue weighted by Crippen LogP contribution is 2.55. The summed E-state index contributed by atoms with van der Waals surface area (Å²) in [6.07, 6.45) is 29.5. The molecule has 14 rings (SSSR count). The van der Waals surface area contributed by atoms with Gasteiger partial charge in [-0.1, -0.05) is 220 Å². The molecule has 1 aliphatic heterocycles. The number of allylic oxidation sites excluding steroid dienone is 14. The number of para-hydroxylation sites is 1. The van der Waals surface area contributed by atoms with Gasteiger partial charge in [-0.25, -0.2) is 0 Å². The van der Waals surface area contributed by atoms with Gasteiger partial charge in [-0.05, 0) is 131 Å². The van der Waals surface area contributed by atoms with E-state index in [-0.39, 0.29) is 5.41 Å². The lowest BCUT2D eigenvalue weighted by atomic mass is 9.64. The Morgan fingerprint density at radius 3 is 2.04 bits per heavy atom. The summed E-state index contributed by atoms with van der Waals surface area (Å²) in [5, 5.41) is 1.95. The van der Waals surface area contributed by atoms with E-state index in [0.29, 0.717) is 28.9 Å². The summed E-state index contributed by atoms with van der Waals surface area (Å²) in [4.78, 5) is 1.49. The van der Waals surface area contributed by atoms with Crippen molar-refractivity contribution in [1.29, 1.82) is 0 Å². The van der Waals surface area contributed by atoms with Gasteiger partial charge in [-0.15, -0.1) is 11.8 Å². The van der Waals surface area contributed by atoms with E-state index in [2.05, 4.69) is 258 Å². The Bertz CT molecular complexity index is 3490. The molecule has 350 valence electrons. The molecule has 71 heavy (non-hydrogen) atoms. The maximum atomic E-state index is 2.62. The Hall–Kier alpha value is -6.87. The molecule has 0 amide bonds. The van der Waals surface area contributed by atoms with E-state index < -0.39 is 0 Å². The predicted octanol–water partition coefficient (Wildman–Crippen LogP) is 18.2. The monoisotopic (exact) mass is 937 g/mol. The average molecular weight is 938 g/mol. The lowest BCUT2D eigenvalue weighted by Gasteiger charge is -2.40. The van der Waals surface area contributed by atoms with E-state index in [1.165, 1.54) is 88.4 Å². The number of aromatic nitrogens is 1. The van der Waals surface area contributed by atoms with Gasteiger partial charge in [0.15, 0.2) is 0 Å². The second-order valence-corrected chi connectivity index (χ2v) is 22.4. The minimum atomic E-state index is 0.151. The van der Waals surface area contributed by atoms with E-state index in [0.717, 1.165) is 19.3 Å². The molecule has 1 nitrogen and oxygen atoms in total. The van der Waals surface area contributed by atoms with Crippen molar-refractivity contribution in [3.63, 3.8) is 0 Å². The Kier molecular flexibility index (Phi) is 11.7. The van der Waals surface area contributed by atoms with Crippen LogP contribution < -0.4 is 0 Å². The van der Waals surface area contributed by atoms with Gasteiger partial charge in [-0.3, -0.25) is 0 Å². The largest absolute Gasteiger partial charge is 0.313 e. The van der Waals surface area contributed by atoms with Crippen LogP contribution in [0.2, 0.25) is 0 Å². The molecule has 0 spiro atoms. The number of aryl methyl sites for hydroxylation is 2. The van der Waals surface area contributed by atoms with Gasteiger partial charge < -0.3 is 4.57 Å². The second kappa shape index (κ2) is 18.4. The van der Waals surface area contributed by atoms with Gasteiger partial charge in [0.2, 0.25) is 0 Å². The number of fused-ring (bicyclic) bond motifs is 12. The van der Waals surface area contributed by atoms with Crippen LogP contribution in [0.5, 0.6) is 0 Å². The molecule has 6 aliphatic carbocycles. The van der Waals surface area contributed by atoms with Crippen molar-refractivity contribution in [2.75, 3.05) is 0 Å². The lowest BCUT2D eigenvalue weighted by Crippen LogP contribution is -2.28. The van der Waals surface area contributed by atoms with Gasteiger partial charge in [0.1, 0.15) is 0 Å². The molecule has 6 aromatic carbocycles. The average Bonchev–Trinajstić information content (AvgIpc) is 4.02. The number of rotatable bonds is 3. The number of benzene rings is 6. The highest BCUT2D eigenvalue weighted by atomic mass is 32.2. The van der Waals surface area contributed by atoms with Crippen molar-refractivity contribution < 1.29 is 0 Å². The summed E-state index contributed by atoms with van der Waals surface area (Å²) in [6, 6.07) is 50.4. The fraction of sp³-hybridized carbons (Fsp3) is 0.217. The van der Waals surface area contributed by atoms with E-state index in [1.54, 1.807) is 22.3 Å². The minimum absolute atomic E-state index is 0.151. The summed E-state index contributed by atoms with van der Waals surface area (Å²) in [6.45, 7) is 13.7. The minimum Gasteiger partial charge on any atom is -0.313 e. The first kappa shape index (κ1) is 45.3. The van der Waals surface area contributed by atoms with Crippen LogP contribution >= 0.6 is 11.8 Å². The molecule has 0 saturated carbocycles. The molecular weight excluding hydrogens is 875 g/mol. The normalized spacial score (nSPS) is 22.2. The third kappa shape index (κ3) is 7.87. The zero-order chi connectivity index (χ0) is 48.4. The van der Waals surface area contributed by atoms with Gasteiger partial charge in [-0.2, -0.15) is 0 Å². The quantitative estimate of drug-likeness (QED) is 0.171. The van der Waals surface area contributed by atoms with Crippen LogP contribution in [0, 0.1) is 31.6 Å². The smallest absolute Gasteiger partial charge is 0.0549 e. The Morgan fingerprint density at radius 1 is 0.592 bits per heavy atom. The maximum Gasteiger partial charge on any atom is 0.0549 e. The second-order valence-electron chi connectivity index (χ2n) is 21.2. The van der Waals surface area contributed by atoms with Crippen LogP contribution in [0.3, 0.4) is 0 Å². The summed E-state index contributed by atoms with van der Waals surface area (Å²) >= 11 is 2.07. The number of hydrogen-bond acceptors (Lipinski definition) is 1. The Labute approximate surface area is 426 Å². The van der Waals surface area contributed by atoms with Crippen molar-refractivity contribution in [2.45, 2.75) is 82.3 Å². The van der Waals surface area contributed by atoms with E-state index in [1.807, 2.05) is 6.07 Å².